The highest BCUT2D eigenvalue weighted by Crippen LogP contribution is 2.34. The van der Waals surface area contributed by atoms with Gasteiger partial charge in [-0.2, -0.15) is 0 Å². The Morgan fingerprint density at radius 3 is 2.76 bits per heavy atom. The number of hydrogen-bond acceptors (Lipinski definition) is 6. The SMILES string of the molecule is C=CC(=O)N(C)C1CCC(n2cc(Nc3cn(C)nc3OC)c3ncc(C(C)C)n3c2=O)C1. The fraction of sp³-hybridized carbons (Fsp3) is 0.478. The first-order valence-electron chi connectivity index (χ1n) is 11.1. The molecule has 3 aromatic heterocycles. The lowest BCUT2D eigenvalue weighted by Crippen LogP contribution is -2.35. The fourth-order valence-electron chi connectivity index (χ4n) is 4.59. The van der Waals surface area contributed by atoms with Gasteiger partial charge in [0.1, 0.15) is 5.69 Å². The minimum atomic E-state index is -0.127. The summed E-state index contributed by atoms with van der Waals surface area (Å²) in [6.07, 6.45) is 9.04. The highest BCUT2D eigenvalue weighted by atomic mass is 16.5. The second kappa shape index (κ2) is 8.76. The topological polar surface area (TPSA) is 98.7 Å². The van der Waals surface area contributed by atoms with Crippen LogP contribution < -0.4 is 15.7 Å². The lowest BCUT2D eigenvalue weighted by Gasteiger charge is -2.24. The van der Waals surface area contributed by atoms with E-state index in [1.165, 1.54) is 6.08 Å². The van der Waals surface area contributed by atoms with Crippen molar-refractivity contribution >= 4 is 22.9 Å². The Bertz CT molecular complexity index is 1250. The summed E-state index contributed by atoms with van der Waals surface area (Å²) in [6.45, 7) is 7.67. The second-order valence-corrected chi connectivity index (χ2v) is 8.85. The monoisotopic (exact) mass is 453 g/mol. The van der Waals surface area contributed by atoms with E-state index in [0.29, 0.717) is 29.3 Å². The van der Waals surface area contributed by atoms with Crippen LogP contribution in [0, 0.1) is 0 Å². The van der Waals surface area contributed by atoms with Crippen molar-refractivity contribution in [2.24, 2.45) is 7.05 Å². The number of methoxy groups -OCH3 is 1. The van der Waals surface area contributed by atoms with E-state index in [4.69, 9.17) is 4.74 Å². The molecular weight excluding hydrogens is 422 g/mol. The number of imidazole rings is 1. The molecule has 10 nitrogen and oxygen atoms in total. The molecule has 1 fully saturated rings. The average molecular weight is 454 g/mol. The Hall–Kier alpha value is -3.56. The second-order valence-electron chi connectivity index (χ2n) is 8.85. The van der Waals surface area contributed by atoms with Crippen molar-refractivity contribution in [1.29, 1.82) is 0 Å². The van der Waals surface area contributed by atoms with Crippen LogP contribution >= 0.6 is 0 Å². The first-order chi connectivity index (χ1) is 15.7. The van der Waals surface area contributed by atoms with Gasteiger partial charge in [-0.25, -0.2) is 14.2 Å². The molecule has 2 unspecified atom stereocenters. The summed E-state index contributed by atoms with van der Waals surface area (Å²) in [6, 6.07) is 0.0241. The zero-order valence-corrected chi connectivity index (χ0v) is 19.8. The van der Waals surface area contributed by atoms with Crippen LogP contribution in [-0.4, -0.2) is 54.7 Å². The molecule has 0 saturated heterocycles. The number of nitrogens with zero attached hydrogens (tertiary/aromatic N) is 6. The fourth-order valence-corrected chi connectivity index (χ4v) is 4.59. The van der Waals surface area contributed by atoms with Gasteiger partial charge in [0.2, 0.25) is 5.91 Å². The number of nitrogens with one attached hydrogen (secondary N) is 1. The third-order valence-electron chi connectivity index (χ3n) is 6.40. The van der Waals surface area contributed by atoms with Gasteiger partial charge in [0.05, 0.1) is 24.7 Å². The Kier molecular flexibility index (Phi) is 6.01. The number of fused-ring (bicyclic) bond motifs is 1. The minimum absolute atomic E-state index is 0.0364. The number of likely N-dealkylation sites (N-methyl/N-ethyl adjacent to an activating group) is 1. The van der Waals surface area contributed by atoms with Crippen molar-refractivity contribution in [2.45, 2.75) is 51.1 Å². The number of ether oxygens (including phenoxy) is 1. The maximum atomic E-state index is 13.6. The normalized spacial score (nSPS) is 18.1. The highest BCUT2D eigenvalue weighted by molar-refractivity contribution is 5.87. The maximum absolute atomic E-state index is 13.6. The summed E-state index contributed by atoms with van der Waals surface area (Å²) in [4.78, 5) is 32.0. The van der Waals surface area contributed by atoms with E-state index >= 15 is 0 Å². The predicted octanol–water partition coefficient (Wildman–Crippen LogP) is 2.84. The number of anilines is 2. The molecule has 2 atom stereocenters. The number of aryl methyl sites for hydroxylation is 1. The Morgan fingerprint density at radius 2 is 2.09 bits per heavy atom. The van der Waals surface area contributed by atoms with Gasteiger partial charge in [0, 0.05) is 38.6 Å². The average Bonchev–Trinajstić information content (AvgIpc) is 3.52. The number of amides is 1. The van der Waals surface area contributed by atoms with E-state index in [-0.39, 0.29) is 29.6 Å². The summed E-state index contributed by atoms with van der Waals surface area (Å²) in [5, 5.41) is 7.66. The molecule has 0 spiro atoms. The molecule has 3 aromatic rings. The van der Waals surface area contributed by atoms with Crippen LogP contribution in [0.4, 0.5) is 11.4 Å². The van der Waals surface area contributed by atoms with Gasteiger partial charge in [0.15, 0.2) is 5.65 Å². The van der Waals surface area contributed by atoms with Gasteiger partial charge >= 0.3 is 5.69 Å². The molecule has 4 rings (SSSR count). The molecule has 1 N–H and O–H groups in total. The van der Waals surface area contributed by atoms with E-state index in [9.17, 15) is 9.59 Å². The number of aromatic nitrogens is 5. The van der Waals surface area contributed by atoms with Crippen LogP contribution in [0.3, 0.4) is 0 Å². The molecular formula is C23H31N7O3. The summed E-state index contributed by atoms with van der Waals surface area (Å²) >= 11 is 0. The largest absolute Gasteiger partial charge is 0.478 e. The number of rotatable bonds is 7. The lowest BCUT2D eigenvalue weighted by atomic mass is 10.1. The Morgan fingerprint density at radius 1 is 1.33 bits per heavy atom. The van der Waals surface area contributed by atoms with Gasteiger partial charge in [-0.15, -0.1) is 5.10 Å². The predicted molar refractivity (Wildman–Crippen MR) is 126 cm³/mol. The van der Waals surface area contributed by atoms with Gasteiger partial charge in [-0.3, -0.25) is 14.0 Å². The molecule has 10 heteroatoms. The maximum Gasteiger partial charge on any atom is 0.334 e. The summed E-state index contributed by atoms with van der Waals surface area (Å²) in [5.74, 6) is 0.470. The minimum Gasteiger partial charge on any atom is -0.478 e. The van der Waals surface area contributed by atoms with Crippen LogP contribution in [-0.2, 0) is 11.8 Å². The van der Waals surface area contributed by atoms with Crippen molar-refractivity contribution < 1.29 is 9.53 Å². The lowest BCUT2D eigenvalue weighted by molar-refractivity contribution is -0.126. The van der Waals surface area contributed by atoms with Crippen LogP contribution in [0.5, 0.6) is 5.88 Å². The molecule has 176 valence electrons. The van der Waals surface area contributed by atoms with Crippen LogP contribution in [0.2, 0.25) is 0 Å². The van der Waals surface area contributed by atoms with E-state index in [1.807, 2.05) is 33.3 Å². The number of carbonyl (C=O) groups excluding carboxylic acids is 1. The third-order valence-corrected chi connectivity index (χ3v) is 6.40. The van der Waals surface area contributed by atoms with Crippen molar-refractivity contribution in [2.75, 3.05) is 19.5 Å². The summed E-state index contributed by atoms with van der Waals surface area (Å²) < 4.78 is 10.5. The first kappa shape index (κ1) is 22.6. The van der Waals surface area contributed by atoms with Crippen molar-refractivity contribution in [1.82, 2.24) is 28.6 Å². The molecule has 0 aromatic carbocycles. The van der Waals surface area contributed by atoms with Gasteiger partial charge in [0.25, 0.3) is 5.88 Å². The zero-order valence-electron chi connectivity index (χ0n) is 19.8. The first-order valence-corrected chi connectivity index (χ1v) is 11.1. The Balaban J connectivity index is 1.79. The van der Waals surface area contributed by atoms with E-state index in [1.54, 1.807) is 38.9 Å². The van der Waals surface area contributed by atoms with Gasteiger partial charge < -0.3 is 15.0 Å². The van der Waals surface area contributed by atoms with Crippen molar-refractivity contribution in [3.05, 3.63) is 47.4 Å². The zero-order chi connectivity index (χ0) is 23.9. The molecule has 1 amide bonds. The third kappa shape index (κ3) is 4.01. The van der Waals surface area contributed by atoms with E-state index < -0.39 is 0 Å². The molecule has 1 aliphatic rings. The summed E-state index contributed by atoms with van der Waals surface area (Å²) in [7, 11) is 5.17. The van der Waals surface area contributed by atoms with E-state index in [2.05, 4.69) is 22.0 Å². The quantitative estimate of drug-likeness (QED) is 0.553. The Labute approximate surface area is 192 Å². The molecule has 0 radical (unpaired) electrons. The smallest absolute Gasteiger partial charge is 0.334 e. The van der Waals surface area contributed by atoms with Crippen LogP contribution in [0.15, 0.2) is 36.0 Å². The molecule has 1 aliphatic carbocycles. The number of hydrogen-bond donors (Lipinski definition) is 1. The molecule has 3 heterocycles. The van der Waals surface area contributed by atoms with Crippen LogP contribution in [0.1, 0.15) is 50.8 Å². The molecule has 0 aliphatic heterocycles. The standard InChI is InChI=1S/C23H31N7O3/c1-7-20(31)28(5)15-8-9-16(10-15)29-13-17(25-18-12-27(4)26-22(18)33-6)21-24-11-19(14(2)3)30(21)23(29)32/h7,11-16,25H,1,8-10H2,2-6H3. The van der Waals surface area contributed by atoms with Crippen molar-refractivity contribution in [3.8, 4) is 5.88 Å². The summed E-state index contributed by atoms with van der Waals surface area (Å²) in [5.41, 5.74) is 2.64. The van der Waals surface area contributed by atoms with E-state index in [0.717, 1.165) is 18.5 Å². The highest BCUT2D eigenvalue weighted by Gasteiger charge is 2.32. The number of carbonyl (C=O) groups is 1. The van der Waals surface area contributed by atoms with Gasteiger partial charge in [-0.1, -0.05) is 20.4 Å². The van der Waals surface area contributed by atoms with Crippen molar-refractivity contribution in [3.63, 3.8) is 0 Å². The molecule has 0 bridgehead atoms. The van der Waals surface area contributed by atoms with Crippen LogP contribution in [0.25, 0.3) is 5.65 Å². The molecule has 33 heavy (non-hydrogen) atoms. The molecule has 1 saturated carbocycles. The van der Waals surface area contributed by atoms with Gasteiger partial charge in [-0.05, 0) is 31.3 Å².